The Morgan fingerprint density at radius 2 is 1.65 bits per heavy atom. The lowest BCUT2D eigenvalue weighted by Gasteiger charge is -2.35. The van der Waals surface area contributed by atoms with Gasteiger partial charge in [-0.2, -0.15) is 4.31 Å². The summed E-state index contributed by atoms with van der Waals surface area (Å²) in [6, 6.07) is 3.45. The third-order valence-electron chi connectivity index (χ3n) is 5.56. The summed E-state index contributed by atoms with van der Waals surface area (Å²) in [5.41, 5.74) is 1.48. The van der Waals surface area contributed by atoms with Crippen LogP contribution in [0.3, 0.4) is 0 Å². The number of carbonyl (C=O) groups excluding carboxylic acids is 1. The highest BCUT2D eigenvalue weighted by molar-refractivity contribution is 7.89. The average molecular weight is 381 g/mol. The van der Waals surface area contributed by atoms with E-state index in [1.165, 1.54) is 4.31 Å². The molecule has 1 amide bonds. The van der Waals surface area contributed by atoms with Gasteiger partial charge in [-0.05, 0) is 49.9 Å². The molecule has 1 saturated heterocycles. The number of benzene rings is 1. The summed E-state index contributed by atoms with van der Waals surface area (Å²) < 4.78 is 32.9. The predicted molar refractivity (Wildman–Crippen MR) is 99.8 cm³/mol. The standard InChI is InChI=1S/C19H28N2O4S/c1-14-13-18(15(2)12-17(14)25-3)26(23,24)21-10-8-20(9-11-21)19(22)16-6-4-5-7-16/h12-13,16H,4-11H2,1-3H3. The first-order chi connectivity index (χ1) is 12.3. The van der Waals surface area contributed by atoms with Gasteiger partial charge in [-0.25, -0.2) is 8.42 Å². The van der Waals surface area contributed by atoms with E-state index in [1.807, 2.05) is 11.8 Å². The molecule has 0 spiro atoms. The second-order valence-corrected chi connectivity index (χ2v) is 9.20. The molecule has 0 radical (unpaired) electrons. The molecule has 3 rings (SSSR count). The maximum Gasteiger partial charge on any atom is 0.243 e. The van der Waals surface area contributed by atoms with Gasteiger partial charge in [0, 0.05) is 32.1 Å². The Bertz CT molecular complexity index is 777. The van der Waals surface area contributed by atoms with Crippen LogP contribution in [0.15, 0.2) is 17.0 Å². The summed E-state index contributed by atoms with van der Waals surface area (Å²) in [6.45, 7) is 5.28. The molecule has 2 fully saturated rings. The van der Waals surface area contributed by atoms with Crippen molar-refractivity contribution in [2.24, 2.45) is 5.92 Å². The molecule has 1 aromatic rings. The minimum atomic E-state index is -3.57. The zero-order valence-electron chi connectivity index (χ0n) is 15.8. The molecule has 6 nitrogen and oxygen atoms in total. The van der Waals surface area contributed by atoms with Crippen LogP contribution in [0.25, 0.3) is 0 Å². The molecule has 1 heterocycles. The van der Waals surface area contributed by atoms with Crippen LogP contribution in [-0.4, -0.2) is 56.8 Å². The van der Waals surface area contributed by atoms with E-state index in [1.54, 1.807) is 26.2 Å². The lowest BCUT2D eigenvalue weighted by atomic mass is 10.1. The van der Waals surface area contributed by atoms with Crippen molar-refractivity contribution in [3.63, 3.8) is 0 Å². The third-order valence-corrected chi connectivity index (χ3v) is 7.61. The summed E-state index contributed by atoms with van der Waals surface area (Å²) in [5, 5.41) is 0. The first-order valence-corrected chi connectivity index (χ1v) is 10.7. The van der Waals surface area contributed by atoms with Crippen molar-refractivity contribution >= 4 is 15.9 Å². The van der Waals surface area contributed by atoms with Crippen LogP contribution in [0.5, 0.6) is 5.75 Å². The topological polar surface area (TPSA) is 66.9 Å². The maximum atomic E-state index is 13.1. The number of ether oxygens (including phenoxy) is 1. The van der Waals surface area contributed by atoms with Gasteiger partial charge in [-0.15, -0.1) is 0 Å². The Balaban J connectivity index is 1.72. The van der Waals surface area contributed by atoms with E-state index in [0.717, 1.165) is 31.2 Å². The quantitative estimate of drug-likeness (QED) is 0.804. The summed E-state index contributed by atoms with van der Waals surface area (Å²) in [6.07, 6.45) is 4.20. The molecular formula is C19H28N2O4S. The molecule has 0 unspecified atom stereocenters. The van der Waals surface area contributed by atoms with Crippen molar-refractivity contribution in [3.8, 4) is 5.75 Å². The van der Waals surface area contributed by atoms with Gasteiger partial charge in [0.25, 0.3) is 0 Å². The second kappa shape index (κ2) is 7.56. The largest absolute Gasteiger partial charge is 0.496 e. The third kappa shape index (κ3) is 3.60. The average Bonchev–Trinajstić information content (AvgIpc) is 3.17. The van der Waals surface area contributed by atoms with E-state index < -0.39 is 10.0 Å². The Morgan fingerprint density at radius 1 is 1.04 bits per heavy atom. The number of rotatable bonds is 4. The van der Waals surface area contributed by atoms with E-state index in [4.69, 9.17) is 4.74 Å². The van der Waals surface area contributed by atoms with Crippen LogP contribution in [0, 0.1) is 19.8 Å². The van der Waals surface area contributed by atoms with Gasteiger partial charge in [0.15, 0.2) is 0 Å². The van der Waals surface area contributed by atoms with Crippen LogP contribution in [0.4, 0.5) is 0 Å². The van der Waals surface area contributed by atoms with E-state index in [2.05, 4.69) is 0 Å². The molecule has 26 heavy (non-hydrogen) atoms. The minimum Gasteiger partial charge on any atom is -0.496 e. The number of hydrogen-bond acceptors (Lipinski definition) is 4. The number of carbonyl (C=O) groups is 1. The predicted octanol–water partition coefficient (Wildman–Crippen LogP) is 2.34. The first kappa shape index (κ1) is 19.2. The molecule has 1 saturated carbocycles. The highest BCUT2D eigenvalue weighted by atomic mass is 32.2. The SMILES string of the molecule is COc1cc(C)c(S(=O)(=O)N2CCN(C(=O)C3CCCC3)CC2)cc1C. The van der Waals surface area contributed by atoms with Gasteiger partial charge < -0.3 is 9.64 Å². The molecular weight excluding hydrogens is 352 g/mol. The summed E-state index contributed by atoms with van der Waals surface area (Å²) >= 11 is 0. The summed E-state index contributed by atoms with van der Waals surface area (Å²) in [5.74, 6) is 1.04. The molecule has 1 aromatic carbocycles. The van der Waals surface area contributed by atoms with E-state index in [9.17, 15) is 13.2 Å². The van der Waals surface area contributed by atoms with Gasteiger partial charge in [0.2, 0.25) is 15.9 Å². The number of methoxy groups -OCH3 is 1. The molecule has 0 atom stereocenters. The number of nitrogens with zero attached hydrogens (tertiary/aromatic N) is 2. The summed E-state index contributed by atoms with van der Waals surface area (Å²) in [4.78, 5) is 14.7. The van der Waals surface area contributed by atoms with Gasteiger partial charge in [0.1, 0.15) is 5.75 Å². The molecule has 0 bridgehead atoms. The van der Waals surface area contributed by atoms with Crippen molar-refractivity contribution in [2.45, 2.75) is 44.4 Å². The lowest BCUT2D eigenvalue weighted by Crippen LogP contribution is -2.51. The molecule has 2 aliphatic rings. The Morgan fingerprint density at radius 3 is 2.23 bits per heavy atom. The second-order valence-electron chi connectivity index (χ2n) is 7.30. The van der Waals surface area contributed by atoms with Crippen molar-refractivity contribution < 1.29 is 17.9 Å². The molecule has 0 N–H and O–H groups in total. The van der Waals surface area contributed by atoms with Crippen LogP contribution < -0.4 is 4.74 Å². The Labute approximate surface area is 156 Å². The van der Waals surface area contributed by atoms with Crippen molar-refractivity contribution in [3.05, 3.63) is 23.3 Å². The number of aryl methyl sites for hydroxylation is 2. The fourth-order valence-electron chi connectivity index (χ4n) is 3.98. The number of piperazine rings is 1. The Hall–Kier alpha value is -1.60. The monoisotopic (exact) mass is 380 g/mol. The molecule has 7 heteroatoms. The highest BCUT2D eigenvalue weighted by Crippen LogP contribution is 2.30. The molecule has 144 valence electrons. The summed E-state index contributed by atoms with van der Waals surface area (Å²) in [7, 11) is -1.99. The van der Waals surface area contributed by atoms with E-state index >= 15 is 0 Å². The first-order valence-electron chi connectivity index (χ1n) is 9.28. The minimum absolute atomic E-state index is 0.143. The highest BCUT2D eigenvalue weighted by Gasteiger charge is 2.34. The van der Waals surface area contributed by atoms with E-state index in [0.29, 0.717) is 42.4 Å². The van der Waals surface area contributed by atoms with Crippen molar-refractivity contribution in [2.75, 3.05) is 33.3 Å². The smallest absolute Gasteiger partial charge is 0.243 e. The zero-order chi connectivity index (χ0) is 18.9. The van der Waals surface area contributed by atoms with Gasteiger partial charge in [-0.3, -0.25) is 4.79 Å². The van der Waals surface area contributed by atoms with Crippen LogP contribution >= 0.6 is 0 Å². The van der Waals surface area contributed by atoms with Crippen LogP contribution in [-0.2, 0) is 14.8 Å². The van der Waals surface area contributed by atoms with E-state index in [-0.39, 0.29) is 11.8 Å². The fraction of sp³-hybridized carbons (Fsp3) is 0.632. The van der Waals surface area contributed by atoms with Crippen LogP contribution in [0.2, 0.25) is 0 Å². The number of sulfonamides is 1. The van der Waals surface area contributed by atoms with Gasteiger partial charge in [0.05, 0.1) is 12.0 Å². The van der Waals surface area contributed by atoms with Gasteiger partial charge >= 0.3 is 0 Å². The number of amides is 1. The molecule has 0 aromatic heterocycles. The lowest BCUT2D eigenvalue weighted by molar-refractivity contribution is -0.136. The van der Waals surface area contributed by atoms with Crippen molar-refractivity contribution in [1.82, 2.24) is 9.21 Å². The normalized spacial score (nSPS) is 19.7. The van der Waals surface area contributed by atoms with Crippen molar-refractivity contribution in [1.29, 1.82) is 0 Å². The molecule has 1 aliphatic heterocycles. The number of hydrogen-bond donors (Lipinski definition) is 0. The van der Waals surface area contributed by atoms with Gasteiger partial charge in [-0.1, -0.05) is 12.8 Å². The maximum absolute atomic E-state index is 13.1. The van der Waals surface area contributed by atoms with Crippen LogP contribution in [0.1, 0.15) is 36.8 Å². The zero-order valence-corrected chi connectivity index (χ0v) is 16.6. The fourth-order valence-corrected chi connectivity index (χ4v) is 5.69. The Kier molecular flexibility index (Phi) is 5.58. The molecule has 1 aliphatic carbocycles.